The van der Waals surface area contributed by atoms with Crippen LogP contribution < -0.4 is 11.5 Å². The first-order valence-electron chi connectivity index (χ1n) is 8.80. The van der Waals surface area contributed by atoms with Crippen LogP contribution in [-0.2, 0) is 4.79 Å². The first-order valence-corrected chi connectivity index (χ1v) is 9.61. The van der Waals surface area contributed by atoms with Crippen LogP contribution in [0.25, 0.3) is 21.3 Å². The number of nitrogens with zero attached hydrogens (tertiary/aromatic N) is 2. The topological polar surface area (TPSA) is 115 Å². The van der Waals surface area contributed by atoms with Crippen LogP contribution in [0.15, 0.2) is 29.1 Å². The molecule has 8 heteroatoms. The lowest BCUT2D eigenvalue weighted by Gasteiger charge is -2.34. The molecule has 140 valence electrons. The van der Waals surface area contributed by atoms with Gasteiger partial charge in [0.25, 0.3) is 5.91 Å². The summed E-state index contributed by atoms with van der Waals surface area (Å²) in [5, 5.41) is 0.698. The van der Waals surface area contributed by atoms with Gasteiger partial charge < -0.3 is 20.8 Å². The Balaban J connectivity index is 1.95. The van der Waals surface area contributed by atoms with Gasteiger partial charge >= 0.3 is 0 Å². The molecular formula is C19H20N4O3S. The number of piperidine rings is 1. The van der Waals surface area contributed by atoms with E-state index >= 15 is 0 Å². The Kier molecular flexibility index (Phi) is 4.35. The number of hydrogen-bond donors (Lipinski definition) is 2. The Labute approximate surface area is 160 Å². The van der Waals surface area contributed by atoms with Crippen molar-refractivity contribution < 1.29 is 14.0 Å². The van der Waals surface area contributed by atoms with E-state index in [1.807, 2.05) is 17.0 Å². The summed E-state index contributed by atoms with van der Waals surface area (Å²) in [6, 6.07) is 3.70. The molecule has 2 amide bonds. The van der Waals surface area contributed by atoms with E-state index in [2.05, 4.69) is 0 Å². The van der Waals surface area contributed by atoms with Crippen molar-refractivity contribution in [3.63, 3.8) is 0 Å². The average molecular weight is 384 g/mol. The molecule has 0 radical (unpaired) electrons. The molecule has 1 aliphatic rings. The third kappa shape index (κ3) is 2.95. The molecular weight excluding hydrogens is 364 g/mol. The Hall–Kier alpha value is -2.87. The van der Waals surface area contributed by atoms with Gasteiger partial charge in [-0.2, -0.15) is 0 Å². The first-order chi connectivity index (χ1) is 13.0. The van der Waals surface area contributed by atoms with Crippen molar-refractivity contribution in [1.29, 1.82) is 0 Å². The van der Waals surface area contributed by atoms with E-state index in [1.165, 1.54) is 11.3 Å². The molecule has 4 heterocycles. The Morgan fingerprint density at radius 2 is 2.19 bits per heavy atom. The summed E-state index contributed by atoms with van der Waals surface area (Å²) in [5.41, 5.74) is 14.5. The molecule has 0 spiro atoms. The Bertz CT molecular complexity index is 1030. The number of carbonyl (C=O) groups excluding carboxylic acids is 2. The van der Waals surface area contributed by atoms with Gasteiger partial charge in [-0.1, -0.05) is 0 Å². The number of anilines is 1. The first kappa shape index (κ1) is 17.5. The number of furan rings is 1. The Morgan fingerprint density at radius 1 is 1.37 bits per heavy atom. The second-order valence-electron chi connectivity index (χ2n) is 6.72. The highest BCUT2D eigenvalue weighted by molar-refractivity contribution is 7.21. The Morgan fingerprint density at radius 3 is 2.85 bits per heavy atom. The van der Waals surface area contributed by atoms with Gasteiger partial charge in [-0.3, -0.25) is 9.59 Å². The molecule has 0 bridgehead atoms. The lowest BCUT2D eigenvalue weighted by atomic mass is 9.95. The number of aromatic nitrogens is 1. The van der Waals surface area contributed by atoms with Crippen LogP contribution in [0.4, 0.5) is 5.69 Å². The highest BCUT2D eigenvalue weighted by Crippen LogP contribution is 2.42. The van der Waals surface area contributed by atoms with Crippen LogP contribution in [0.2, 0.25) is 0 Å². The molecule has 1 atom stereocenters. The second kappa shape index (κ2) is 6.70. The van der Waals surface area contributed by atoms with Gasteiger partial charge in [0, 0.05) is 24.4 Å². The molecule has 4 N–H and O–H groups in total. The van der Waals surface area contributed by atoms with Crippen LogP contribution in [0, 0.1) is 0 Å². The number of amides is 2. The van der Waals surface area contributed by atoms with E-state index < -0.39 is 5.91 Å². The predicted octanol–water partition coefficient (Wildman–Crippen LogP) is 3.31. The summed E-state index contributed by atoms with van der Waals surface area (Å²) in [6.07, 6.45) is 6.09. The molecule has 3 aromatic rings. The fourth-order valence-electron chi connectivity index (χ4n) is 3.76. The van der Waals surface area contributed by atoms with Gasteiger partial charge in [0.1, 0.15) is 9.71 Å². The molecule has 4 rings (SSSR count). The summed E-state index contributed by atoms with van der Waals surface area (Å²) in [7, 11) is 0. The van der Waals surface area contributed by atoms with Crippen LogP contribution >= 0.6 is 11.3 Å². The van der Waals surface area contributed by atoms with E-state index in [0.29, 0.717) is 20.8 Å². The quantitative estimate of drug-likeness (QED) is 0.719. The lowest BCUT2D eigenvalue weighted by Crippen LogP contribution is -2.37. The maximum Gasteiger partial charge on any atom is 0.260 e. The third-order valence-electron chi connectivity index (χ3n) is 5.02. The zero-order chi connectivity index (χ0) is 19.1. The van der Waals surface area contributed by atoms with Crippen LogP contribution in [0.5, 0.6) is 0 Å². The molecule has 0 aliphatic carbocycles. The molecule has 0 aromatic carbocycles. The second-order valence-corrected chi connectivity index (χ2v) is 7.72. The van der Waals surface area contributed by atoms with E-state index in [-0.39, 0.29) is 11.9 Å². The van der Waals surface area contributed by atoms with Gasteiger partial charge in [-0.25, -0.2) is 4.98 Å². The molecule has 1 fully saturated rings. The van der Waals surface area contributed by atoms with Gasteiger partial charge in [-0.15, -0.1) is 11.3 Å². The van der Waals surface area contributed by atoms with Crippen LogP contribution in [0.1, 0.15) is 47.6 Å². The summed E-state index contributed by atoms with van der Waals surface area (Å²) < 4.78 is 5.24. The SMILES string of the molecule is CC(=O)N1CCCCC1c1cc(-c2ccoc2)c2c(N)c(C(N)=O)sc2n1. The molecule has 1 unspecified atom stereocenters. The van der Waals surface area contributed by atoms with Crippen LogP contribution in [-0.4, -0.2) is 28.2 Å². The fourth-order valence-corrected chi connectivity index (χ4v) is 4.73. The standard InChI is InChI=1S/C19H20N4O3S/c1-10(24)23-6-3-2-4-14(23)13-8-12(11-5-7-26-9-11)15-16(20)17(18(21)25)27-19(15)22-13/h5,7-9,14H,2-4,6,20H2,1H3,(H2,21,25). The van der Waals surface area contributed by atoms with Gasteiger partial charge in [-0.05, 0) is 37.0 Å². The minimum Gasteiger partial charge on any atom is -0.472 e. The van der Waals surface area contributed by atoms with Crippen molar-refractivity contribution in [3.8, 4) is 11.1 Å². The molecule has 27 heavy (non-hydrogen) atoms. The summed E-state index contributed by atoms with van der Waals surface area (Å²) in [5.74, 6) is -0.534. The summed E-state index contributed by atoms with van der Waals surface area (Å²) in [6.45, 7) is 2.31. The summed E-state index contributed by atoms with van der Waals surface area (Å²) in [4.78, 5) is 31.5. The zero-order valence-corrected chi connectivity index (χ0v) is 15.7. The van der Waals surface area contributed by atoms with Crippen molar-refractivity contribution >= 4 is 39.1 Å². The maximum atomic E-state index is 12.1. The lowest BCUT2D eigenvalue weighted by molar-refractivity contribution is -0.132. The van der Waals surface area contributed by atoms with Crippen molar-refractivity contribution in [1.82, 2.24) is 9.88 Å². The average Bonchev–Trinajstić information content (AvgIpc) is 3.29. The molecule has 1 aliphatic heterocycles. The number of fused-ring (bicyclic) bond motifs is 1. The number of carbonyl (C=O) groups is 2. The minimum atomic E-state index is -0.571. The summed E-state index contributed by atoms with van der Waals surface area (Å²) >= 11 is 1.19. The number of rotatable bonds is 3. The van der Waals surface area contributed by atoms with Crippen molar-refractivity contribution in [3.05, 3.63) is 35.2 Å². The van der Waals surface area contributed by atoms with Crippen molar-refractivity contribution in [2.45, 2.75) is 32.2 Å². The van der Waals surface area contributed by atoms with Crippen molar-refractivity contribution in [2.24, 2.45) is 5.73 Å². The third-order valence-corrected chi connectivity index (χ3v) is 6.14. The fraction of sp³-hybridized carbons (Fsp3) is 0.316. The number of thiophene rings is 1. The van der Waals surface area contributed by atoms with Crippen LogP contribution in [0.3, 0.4) is 0 Å². The van der Waals surface area contributed by atoms with E-state index in [4.69, 9.17) is 20.9 Å². The monoisotopic (exact) mass is 384 g/mol. The number of primary amides is 1. The molecule has 0 saturated carbocycles. The highest BCUT2D eigenvalue weighted by Gasteiger charge is 2.29. The van der Waals surface area contributed by atoms with E-state index in [9.17, 15) is 9.59 Å². The maximum absolute atomic E-state index is 12.1. The van der Waals surface area contributed by atoms with Gasteiger partial charge in [0.05, 0.1) is 29.9 Å². The molecule has 3 aromatic heterocycles. The van der Waals surface area contributed by atoms with E-state index in [0.717, 1.165) is 42.6 Å². The van der Waals surface area contributed by atoms with Crippen molar-refractivity contribution in [2.75, 3.05) is 12.3 Å². The number of nitrogen functional groups attached to an aromatic ring is 1. The molecule has 7 nitrogen and oxygen atoms in total. The number of hydrogen-bond acceptors (Lipinski definition) is 6. The molecule has 1 saturated heterocycles. The highest BCUT2D eigenvalue weighted by atomic mass is 32.1. The number of likely N-dealkylation sites (tertiary alicyclic amines) is 1. The smallest absolute Gasteiger partial charge is 0.260 e. The van der Waals surface area contributed by atoms with E-state index in [1.54, 1.807) is 19.5 Å². The van der Waals surface area contributed by atoms with Gasteiger partial charge in [0.15, 0.2) is 0 Å². The minimum absolute atomic E-state index is 0.0370. The number of pyridine rings is 1. The normalized spacial score (nSPS) is 17.4. The largest absolute Gasteiger partial charge is 0.472 e. The van der Waals surface area contributed by atoms with Gasteiger partial charge in [0.2, 0.25) is 5.91 Å². The zero-order valence-electron chi connectivity index (χ0n) is 14.9. The predicted molar refractivity (Wildman–Crippen MR) is 104 cm³/mol. The number of nitrogens with two attached hydrogens (primary N) is 2.